The Kier molecular flexibility index (Phi) is 3.30. The lowest BCUT2D eigenvalue weighted by Crippen LogP contribution is -2.41. The lowest BCUT2D eigenvalue weighted by atomic mass is 9.72. The highest BCUT2D eigenvalue weighted by molar-refractivity contribution is 6.55. The summed E-state index contributed by atoms with van der Waals surface area (Å²) < 4.78 is 12.2. The van der Waals surface area contributed by atoms with Crippen LogP contribution in [0, 0.1) is 11.8 Å². The SMILES string of the molecule is CC1(C)OB(C2=CN=C3CN(CC4CC4)C(=O)C3C2)OC1(C)C. The summed E-state index contributed by atoms with van der Waals surface area (Å²) in [6.07, 6.45) is 5.06. The molecule has 0 radical (unpaired) electrons. The van der Waals surface area contributed by atoms with E-state index in [1.54, 1.807) is 0 Å². The maximum atomic E-state index is 12.7. The van der Waals surface area contributed by atoms with E-state index in [2.05, 4.69) is 4.99 Å². The zero-order chi connectivity index (χ0) is 16.4. The third kappa shape index (κ3) is 2.56. The zero-order valence-corrected chi connectivity index (χ0v) is 14.5. The van der Waals surface area contributed by atoms with Crippen LogP contribution in [0.5, 0.6) is 0 Å². The molecule has 0 bridgehead atoms. The van der Waals surface area contributed by atoms with Gasteiger partial charge in [0.2, 0.25) is 5.91 Å². The largest absolute Gasteiger partial charge is 0.492 e. The van der Waals surface area contributed by atoms with Crippen molar-refractivity contribution < 1.29 is 14.1 Å². The molecule has 0 N–H and O–H groups in total. The number of hydrogen-bond donors (Lipinski definition) is 0. The van der Waals surface area contributed by atoms with Crippen LogP contribution in [0.1, 0.15) is 47.0 Å². The Morgan fingerprint density at radius 2 is 1.91 bits per heavy atom. The van der Waals surface area contributed by atoms with Crippen LogP contribution >= 0.6 is 0 Å². The Morgan fingerprint density at radius 3 is 2.52 bits per heavy atom. The molecule has 3 aliphatic heterocycles. The van der Waals surface area contributed by atoms with Crippen LogP contribution < -0.4 is 0 Å². The average molecular weight is 316 g/mol. The van der Waals surface area contributed by atoms with Crippen molar-refractivity contribution in [3.8, 4) is 0 Å². The first-order chi connectivity index (χ1) is 10.8. The van der Waals surface area contributed by atoms with Gasteiger partial charge in [0.15, 0.2) is 0 Å². The van der Waals surface area contributed by atoms with Crippen molar-refractivity contribution in [1.29, 1.82) is 0 Å². The van der Waals surface area contributed by atoms with Gasteiger partial charge in [-0.1, -0.05) is 0 Å². The average Bonchev–Trinajstić information content (AvgIpc) is 3.18. The predicted octanol–water partition coefficient (Wildman–Crippen LogP) is 2.21. The van der Waals surface area contributed by atoms with Crippen LogP contribution in [0.25, 0.3) is 0 Å². The Labute approximate surface area is 138 Å². The molecule has 0 aromatic rings. The van der Waals surface area contributed by atoms with Crippen LogP contribution in [0.15, 0.2) is 16.7 Å². The third-order valence-corrected chi connectivity index (χ3v) is 5.93. The standard InChI is InChI=1S/C17H25BN2O3/c1-16(2)17(3,4)23-18(22-16)12-7-13-14(19-8-12)10-20(15(13)21)9-11-5-6-11/h8,11,13H,5-7,9-10H2,1-4H3. The minimum atomic E-state index is -0.393. The second-order valence-electron chi connectivity index (χ2n) is 8.33. The maximum absolute atomic E-state index is 12.7. The van der Waals surface area contributed by atoms with E-state index in [-0.39, 0.29) is 23.0 Å². The molecule has 23 heavy (non-hydrogen) atoms. The molecule has 0 spiro atoms. The van der Waals surface area contributed by atoms with E-state index in [9.17, 15) is 4.79 Å². The van der Waals surface area contributed by atoms with Crippen molar-refractivity contribution in [3.63, 3.8) is 0 Å². The molecule has 1 unspecified atom stereocenters. The maximum Gasteiger partial charge on any atom is 0.492 e. The highest BCUT2D eigenvalue weighted by Crippen LogP contribution is 2.41. The molecule has 3 fully saturated rings. The van der Waals surface area contributed by atoms with Crippen molar-refractivity contribution in [2.75, 3.05) is 13.1 Å². The van der Waals surface area contributed by atoms with Crippen LogP contribution in [0.4, 0.5) is 0 Å². The first kappa shape index (κ1) is 15.4. The highest BCUT2D eigenvalue weighted by Gasteiger charge is 2.53. The van der Waals surface area contributed by atoms with Crippen LogP contribution in [-0.2, 0) is 14.1 Å². The van der Waals surface area contributed by atoms with E-state index in [4.69, 9.17) is 9.31 Å². The van der Waals surface area contributed by atoms with E-state index in [1.165, 1.54) is 12.8 Å². The number of allylic oxidation sites excluding steroid dienone is 1. The van der Waals surface area contributed by atoms with E-state index < -0.39 is 7.12 Å². The number of carbonyl (C=O) groups is 1. The predicted molar refractivity (Wildman–Crippen MR) is 89.0 cm³/mol. The fourth-order valence-corrected chi connectivity index (χ4v) is 3.45. The van der Waals surface area contributed by atoms with Gasteiger partial charge in [0.05, 0.1) is 23.7 Å². The van der Waals surface area contributed by atoms with E-state index in [0.717, 1.165) is 23.6 Å². The van der Waals surface area contributed by atoms with Gasteiger partial charge in [-0.2, -0.15) is 0 Å². The fraction of sp³-hybridized carbons (Fsp3) is 0.765. The van der Waals surface area contributed by atoms with Crippen molar-refractivity contribution in [2.24, 2.45) is 16.8 Å². The quantitative estimate of drug-likeness (QED) is 0.750. The van der Waals surface area contributed by atoms with Crippen molar-refractivity contribution in [1.82, 2.24) is 4.90 Å². The smallest absolute Gasteiger partial charge is 0.400 e. The number of hydrogen-bond acceptors (Lipinski definition) is 4. The molecule has 5 nitrogen and oxygen atoms in total. The molecular formula is C17H25BN2O3. The van der Waals surface area contributed by atoms with Gasteiger partial charge in [-0.25, -0.2) is 0 Å². The van der Waals surface area contributed by atoms with Gasteiger partial charge in [-0.3, -0.25) is 9.79 Å². The van der Waals surface area contributed by atoms with Gasteiger partial charge in [0.1, 0.15) is 0 Å². The van der Waals surface area contributed by atoms with Crippen molar-refractivity contribution in [3.05, 3.63) is 11.7 Å². The molecule has 0 aromatic heterocycles. The summed E-state index contributed by atoms with van der Waals surface area (Å²) in [5.74, 6) is 0.848. The Bertz CT molecular complexity index is 591. The number of likely N-dealkylation sites (tertiary alicyclic amines) is 1. The van der Waals surface area contributed by atoms with E-state index in [1.807, 2.05) is 38.8 Å². The van der Waals surface area contributed by atoms with E-state index >= 15 is 0 Å². The summed E-state index contributed by atoms with van der Waals surface area (Å²) in [7, 11) is -0.393. The van der Waals surface area contributed by atoms with Gasteiger partial charge < -0.3 is 14.2 Å². The number of nitrogens with zero attached hydrogens (tertiary/aromatic N) is 2. The number of fused-ring (bicyclic) bond motifs is 1. The van der Waals surface area contributed by atoms with Gasteiger partial charge in [-0.05, 0) is 58.3 Å². The molecule has 1 saturated carbocycles. The van der Waals surface area contributed by atoms with Crippen LogP contribution in [0.3, 0.4) is 0 Å². The second kappa shape index (κ2) is 4.93. The topological polar surface area (TPSA) is 51.1 Å². The summed E-state index contributed by atoms with van der Waals surface area (Å²) >= 11 is 0. The minimum Gasteiger partial charge on any atom is -0.400 e. The Morgan fingerprint density at radius 1 is 1.26 bits per heavy atom. The van der Waals surface area contributed by atoms with Gasteiger partial charge in [0, 0.05) is 18.5 Å². The normalized spacial score (nSPS) is 32.0. The van der Waals surface area contributed by atoms with E-state index in [0.29, 0.717) is 13.0 Å². The molecule has 3 heterocycles. The minimum absolute atomic E-state index is 0.104. The zero-order valence-electron chi connectivity index (χ0n) is 14.5. The Balaban J connectivity index is 1.48. The third-order valence-electron chi connectivity index (χ3n) is 5.93. The molecule has 1 atom stereocenters. The van der Waals surface area contributed by atoms with Gasteiger partial charge >= 0.3 is 7.12 Å². The lowest BCUT2D eigenvalue weighted by Gasteiger charge is -2.32. The summed E-state index contributed by atoms with van der Waals surface area (Å²) in [4.78, 5) is 19.2. The lowest BCUT2D eigenvalue weighted by molar-refractivity contribution is -0.130. The molecule has 0 aromatic carbocycles. The number of amides is 1. The van der Waals surface area contributed by atoms with Crippen LogP contribution in [0.2, 0.25) is 0 Å². The molecular weight excluding hydrogens is 291 g/mol. The first-order valence-electron chi connectivity index (χ1n) is 8.67. The summed E-state index contributed by atoms with van der Waals surface area (Å²) in [6.45, 7) is 9.78. The molecule has 4 aliphatic rings. The van der Waals surface area contributed by atoms with Crippen LogP contribution in [-0.4, -0.2) is 47.9 Å². The molecule has 1 amide bonds. The summed E-state index contributed by atoms with van der Waals surface area (Å²) in [5.41, 5.74) is 1.27. The number of carbonyl (C=O) groups excluding carboxylic acids is 1. The number of aliphatic imine (C=N–C) groups is 1. The second-order valence-corrected chi connectivity index (χ2v) is 8.33. The highest BCUT2D eigenvalue weighted by atomic mass is 16.7. The monoisotopic (exact) mass is 316 g/mol. The molecule has 124 valence electrons. The fourth-order valence-electron chi connectivity index (χ4n) is 3.45. The van der Waals surface area contributed by atoms with Gasteiger partial charge in [-0.15, -0.1) is 0 Å². The molecule has 4 rings (SSSR count). The van der Waals surface area contributed by atoms with Gasteiger partial charge in [0.25, 0.3) is 0 Å². The molecule has 1 aliphatic carbocycles. The first-order valence-corrected chi connectivity index (χ1v) is 8.67. The molecule has 6 heteroatoms. The van der Waals surface area contributed by atoms with Crippen molar-refractivity contribution in [2.45, 2.75) is 58.2 Å². The van der Waals surface area contributed by atoms with Crippen molar-refractivity contribution >= 4 is 18.7 Å². The number of rotatable bonds is 3. The summed E-state index contributed by atoms with van der Waals surface area (Å²) in [6, 6.07) is 0. The molecule has 2 saturated heterocycles. The summed E-state index contributed by atoms with van der Waals surface area (Å²) in [5, 5.41) is 0. The Hall–Kier alpha value is -1.14.